The summed E-state index contributed by atoms with van der Waals surface area (Å²) in [5.74, 6) is -2.43. The average molecular weight is 394 g/mol. The molecule has 0 unspecified atom stereocenters. The van der Waals surface area contributed by atoms with E-state index in [0.29, 0.717) is 21.9 Å². The van der Waals surface area contributed by atoms with Crippen molar-refractivity contribution in [2.45, 2.75) is 32.5 Å². The number of rotatable bonds is 5. The fourth-order valence-corrected chi connectivity index (χ4v) is 4.61. The Labute approximate surface area is 156 Å². The minimum Gasteiger partial charge on any atom is -0.293 e. The van der Waals surface area contributed by atoms with Crippen molar-refractivity contribution in [3.8, 4) is 0 Å². The number of carbonyl (C=O) groups excluding carboxylic acids is 1. The van der Waals surface area contributed by atoms with Crippen LogP contribution in [-0.4, -0.2) is 21.1 Å². The van der Waals surface area contributed by atoms with Crippen molar-refractivity contribution in [2.75, 3.05) is 5.75 Å². The highest BCUT2D eigenvalue weighted by molar-refractivity contribution is 7.99. The van der Waals surface area contributed by atoms with Gasteiger partial charge in [-0.25, -0.2) is 13.8 Å². The molecule has 0 saturated carbocycles. The lowest BCUT2D eigenvalue weighted by atomic mass is 10.1. The van der Waals surface area contributed by atoms with Crippen LogP contribution in [0, 0.1) is 25.5 Å². The molecule has 136 valence electrons. The van der Waals surface area contributed by atoms with Crippen molar-refractivity contribution < 1.29 is 13.6 Å². The van der Waals surface area contributed by atoms with Gasteiger partial charge >= 0.3 is 0 Å². The summed E-state index contributed by atoms with van der Waals surface area (Å²) in [5, 5.41) is 1.06. The number of Topliss-reactive ketones (excluding diaryl/α,β-unsaturated/α-hetero) is 1. The molecular weight excluding hydrogens is 378 g/mol. The van der Waals surface area contributed by atoms with Crippen molar-refractivity contribution in [3.05, 3.63) is 56.2 Å². The van der Waals surface area contributed by atoms with E-state index in [2.05, 4.69) is 4.98 Å². The maximum absolute atomic E-state index is 13.3. The predicted molar refractivity (Wildman–Crippen MR) is 100 cm³/mol. The lowest BCUT2D eigenvalue weighted by molar-refractivity contribution is 0.102. The Morgan fingerprint density at radius 1 is 1.27 bits per heavy atom. The van der Waals surface area contributed by atoms with Crippen LogP contribution in [0.2, 0.25) is 0 Å². The van der Waals surface area contributed by atoms with Gasteiger partial charge in [-0.3, -0.25) is 14.2 Å². The molecule has 1 aromatic carbocycles. The third kappa shape index (κ3) is 3.31. The van der Waals surface area contributed by atoms with Crippen molar-refractivity contribution in [2.24, 2.45) is 0 Å². The van der Waals surface area contributed by atoms with Gasteiger partial charge in [-0.2, -0.15) is 0 Å². The first-order chi connectivity index (χ1) is 12.3. The lowest BCUT2D eigenvalue weighted by Crippen LogP contribution is -2.22. The van der Waals surface area contributed by atoms with Crippen LogP contribution in [0.25, 0.3) is 10.2 Å². The number of ketones is 1. The van der Waals surface area contributed by atoms with Gasteiger partial charge < -0.3 is 0 Å². The van der Waals surface area contributed by atoms with E-state index in [1.165, 1.54) is 22.0 Å². The summed E-state index contributed by atoms with van der Waals surface area (Å²) in [6.45, 7) is 6.11. The molecule has 0 fully saturated rings. The van der Waals surface area contributed by atoms with Gasteiger partial charge in [-0.1, -0.05) is 11.8 Å². The van der Waals surface area contributed by atoms with E-state index in [9.17, 15) is 18.4 Å². The summed E-state index contributed by atoms with van der Waals surface area (Å²) < 4.78 is 27.8. The largest absolute Gasteiger partial charge is 0.293 e. The Balaban J connectivity index is 1.92. The van der Waals surface area contributed by atoms with E-state index in [0.717, 1.165) is 34.3 Å². The van der Waals surface area contributed by atoms with E-state index < -0.39 is 11.6 Å². The van der Waals surface area contributed by atoms with E-state index in [1.54, 1.807) is 0 Å². The lowest BCUT2D eigenvalue weighted by Gasteiger charge is -2.09. The van der Waals surface area contributed by atoms with Crippen molar-refractivity contribution in [1.29, 1.82) is 0 Å². The molecule has 4 nitrogen and oxygen atoms in total. The highest BCUT2D eigenvalue weighted by Gasteiger charge is 2.17. The van der Waals surface area contributed by atoms with Gasteiger partial charge in [0.15, 0.2) is 22.6 Å². The van der Waals surface area contributed by atoms with Crippen LogP contribution < -0.4 is 5.56 Å². The molecule has 0 saturated heterocycles. The van der Waals surface area contributed by atoms with Crippen LogP contribution in [0.4, 0.5) is 8.78 Å². The van der Waals surface area contributed by atoms with E-state index >= 15 is 0 Å². The number of thiophene rings is 1. The fourth-order valence-electron chi connectivity index (χ4n) is 2.58. The number of aromatic nitrogens is 2. The molecule has 3 aromatic rings. The molecule has 0 N–H and O–H groups in total. The minimum absolute atomic E-state index is 0.0215. The number of aryl methyl sites for hydroxylation is 2. The predicted octanol–water partition coefficient (Wildman–Crippen LogP) is 4.35. The van der Waals surface area contributed by atoms with Gasteiger partial charge in [-0.05, 0) is 44.5 Å². The van der Waals surface area contributed by atoms with Gasteiger partial charge in [0.05, 0.1) is 11.1 Å². The zero-order valence-corrected chi connectivity index (χ0v) is 16.1. The SMILES string of the molecule is CCn1c(SCC(=O)c2ccc(F)c(F)c2)nc2sc(C)c(C)c2c1=O. The number of hydrogen-bond donors (Lipinski definition) is 0. The van der Waals surface area contributed by atoms with Crippen LogP contribution >= 0.6 is 23.1 Å². The van der Waals surface area contributed by atoms with Crippen LogP contribution in [0.3, 0.4) is 0 Å². The molecule has 26 heavy (non-hydrogen) atoms. The molecule has 0 bridgehead atoms. The Morgan fingerprint density at radius 3 is 2.65 bits per heavy atom. The van der Waals surface area contributed by atoms with Crippen LogP contribution in [-0.2, 0) is 6.54 Å². The summed E-state index contributed by atoms with van der Waals surface area (Å²) in [7, 11) is 0. The van der Waals surface area contributed by atoms with Gasteiger partial charge in [0.1, 0.15) is 4.83 Å². The van der Waals surface area contributed by atoms with E-state index in [1.807, 2.05) is 20.8 Å². The number of benzene rings is 1. The highest BCUT2D eigenvalue weighted by atomic mass is 32.2. The summed E-state index contributed by atoms with van der Waals surface area (Å²) in [5.41, 5.74) is 0.895. The van der Waals surface area contributed by atoms with Crippen LogP contribution in [0.15, 0.2) is 28.2 Å². The van der Waals surface area contributed by atoms with Gasteiger partial charge in [0, 0.05) is 17.0 Å². The zero-order chi connectivity index (χ0) is 19.0. The van der Waals surface area contributed by atoms with Gasteiger partial charge in [0.2, 0.25) is 0 Å². The van der Waals surface area contributed by atoms with E-state index in [4.69, 9.17) is 0 Å². The smallest absolute Gasteiger partial charge is 0.263 e. The second kappa shape index (κ2) is 7.28. The second-order valence-corrected chi connectivity index (χ2v) is 7.89. The average Bonchev–Trinajstić information content (AvgIpc) is 2.89. The number of hydrogen-bond acceptors (Lipinski definition) is 5. The topological polar surface area (TPSA) is 52.0 Å². The number of carbonyl (C=O) groups is 1. The quantitative estimate of drug-likeness (QED) is 0.367. The van der Waals surface area contributed by atoms with Crippen LogP contribution in [0.1, 0.15) is 27.7 Å². The summed E-state index contributed by atoms with van der Waals surface area (Å²) >= 11 is 2.57. The standard InChI is InChI=1S/C18H16F2N2O2S2/c1-4-22-17(24)15-9(2)10(3)26-16(15)21-18(22)25-8-14(23)11-5-6-12(19)13(20)7-11/h5-7H,4,8H2,1-3H3. The zero-order valence-electron chi connectivity index (χ0n) is 14.4. The van der Waals surface area contributed by atoms with Crippen molar-refractivity contribution in [3.63, 3.8) is 0 Å². The molecule has 2 aromatic heterocycles. The summed E-state index contributed by atoms with van der Waals surface area (Å²) in [6, 6.07) is 3.06. The second-order valence-electron chi connectivity index (χ2n) is 5.75. The summed E-state index contributed by atoms with van der Waals surface area (Å²) in [4.78, 5) is 31.2. The number of fused-ring (bicyclic) bond motifs is 1. The van der Waals surface area contributed by atoms with E-state index in [-0.39, 0.29) is 22.7 Å². The highest BCUT2D eigenvalue weighted by Crippen LogP contribution is 2.28. The molecule has 2 heterocycles. The Bertz CT molecular complexity index is 1070. The first kappa shape index (κ1) is 18.7. The molecule has 0 aliphatic heterocycles. The van der Waals surface area contributed by atoms with Crippen LogP contribution in [0.5, 0.6) is 0 Å². The van der Waals surface area contributed by atoms with Crippen molar-refractivity contribution in [1.82, 2.24) is 9.55 Å². The molecular formula is C18H16F2N2O2S2. The monoisotopic (exact) mass is 394 g/mol. The third-order valence-corrected chi connectivity index (χ3v) is 6.22. The Morgan fingerprint density at radius 2 is 2.00 bits per heavy atom. The molecule has 3 rings (SSSR count). The molecule has 0 aliphatic carbocycles. The molecule has 8 heteroatoms. The normalized spacial score (nSPS) is 11.3. The molecule has 0 radical (unpaired) electrons. The van der Waals surface area contributed by atoms with Crippen molar-refractivity contribution >= 4 is 39.1 Å². The third-order valence-electron chi connectivity index (χ3n) is 4.14. The Hall–Kier alpha value is -2.06. The molecule has 0 amide bonds. The number of halogens is 2. The fraction of sp³-hybridized carbons (Fsp3) is 0.278. The molecule has 0 aliphatic rings. The van der Waals surface area contributed by atoms with Gasteiger partial charge in [-0.15, -0.1) is 11.3 Å². The molecule has 0 spiro atoms. The summed E-state index contributed by atoms with van der Waals surface area (Å²) in [6.07, 6.45) is 0. The number of nitrogens with zero attached hydrogens (tertiary/aromatic N) is 2. The Kier molecular flexibility index (Phi) is 5.24. The minimum atomic E-state index is -1.06. The number of thioether (sulfide) groups is 1. The van der Waals surface area contributed by atoms with Gasteiger partial charge in [0.25, 0.3) is 5.56 Å². The molecule has 0 atom stereocenters. The first-order valence-corrected chi connectivity index (χ1v) is 9.75. The maximum Gasteiger partial charge on any atom is 0.263 e. The maximum atomic E-state index is 13.3. The first-order valence-electron chi connectivity index (χ1n) is 7.95.